The summed E-state index contributed by atoms with van der Waals surface area (Å²) in [5.74, 6) is -0.126. The molecule has 112 valence electrons. The summed E-state index contributed by atoms with van der Waals surface area (Å²) in [5, 5.41) is 14.4. The zero-order valence-electron chi connectivity index (χ0n) is 11.8. The Morgan fingerprint density at radius 3 is 3.00 bits per heavy atom. The highest BCUT2D eigenvalue weighted by molar-refractivity contribution is 7.13. The first-order chi connectivity index (χ1) is 10.2. The molecule has 2 rings (SSSR count). The van der Waals surface area contributed by atoms with E-state index >= 15 is 0 Å². The summed E-state index contributed by atoms with van der Waals surface area (Å²) in [5.41, 5.74) is 1.96. The molecule has 2 aromatic rings. The van der Waals surface area contributed by atoms with Crippen molar-refractivity contribution in [2.45, 2.75) is 20.0 Å². The number of pyridine rings is 1. The van der Waals surface area contributed by atoms with E-state index in [4.69, 9.17) is 0 Å². The Kier molecular flexibility index (Phi) is 5.79. The van der Waals surface area contributed by atoms with E-state index in [0.717, 1.165) is 11.3 Å². The molecule has 0 atom stereocenters. The van der Waals surface area contributed by atoms with Gasteiger partial charge in [0.15, 0.2) is 5.13 Å². The van der Waals surface area contributed by atoms with E-state index < -0.39 is 0 Å². The van der Waals surface area contributed by atoms with E-state index in [1.54, 1.807) is 6.20 Å². The fraction of sp³-hybridized carbons (Fsp3) is 0.357. The second-order valence-electron chi connectivity index (χ2n) is 4.62. The standard InChI is InChI=1S/C14H18N4O2S/c1-11(20)16-14-17-13(10-21-14)9-18(5-6-19)8-12-3-2-4-15-7-12/h2-4,7,10,19H,5-6,8-9H2,1H3,(H,16,17,20). The Labute approximate surface area is 127 Å². The SMILES string of the molecule is CC(=O)Nc1nc(CN(CCO)Cc2cccnc2)cs1. The lowest BCUT2D eigenvalue weighted by molar-refractivity contribution is -0.114. The number of rotatable bonds is 7. The van der Waals surface area contributed by atoms with E-state index in [9.17, 15) is 9.90 Å². The van der Waals surface area contributed by atoms with Gasteiger partial charge in [-0.05, 0) is 11.6 Å². The van der Waals surface area contributed by atoms with E-state index in [-0.39, 0.29) is 12.5 Å². The lowest BCUT2D eigenvalue weighted by atomic mass is 10.2. The first-order valence-electron chi connectivity index (χ1n) is 6.61. The third-order valence-corrected chi connectivity index (χ3v) is 3.57. The molecule has 0 aromatic carbocycles. The number of nitrogens with zero attached hydrogens (tertiary/aromatic N) is 3. The molecular formula is C14H18N4O2S. The van der Waals surface area contributed by atoms with Crippen molar-refractivity contribution in [3.05, 3.63) is 41.2 Å². The molecule has 0 fully saturated rings. The number of carbonyl (C=O) groups excluding carboxylic acids is 1. The summed E-state index contributed by atoms with van der Waals surface area (Å²) in [7, 11) is 0. The fourth-order valence-electron chi connectivity index (χ4n) is 1.92. The maximum absolute atomic E-state index is 11.0. The first-order valence-corrected chi connectivity index (χ1v) is 7.49. The van der Waals surface area contributed by atoms with E-state index in [1.165, 1.54) is 18.3 Å². The van der Waals surface area contributed by atoms with Crippen LogP contribution >= 0.6 is 11.3 Å². The number of aliphatic hydroxyl groups is 1. The van der Waals surface area contributed by atoms with Gasteiger partial charge in [-0.25, -0.2) is 4.98 Å². The largest absolute Gasteiger partial charge is 0.395 e. The molecule has 6 nitrogen and oxygen atoms in total. The number of anilines is 1. The molecule has 0 radical (unpaired) electrons. The number of aliphatic hydroxyl groups excluding tert-OH is 1. The van der Waals surface area contributed by atoms with Crippen LogP contribution in [0.4, 0.5) is 5.13 Å². The van der Waals surface area contributed by atoms with Crippen molar-refractivity contribution in [2.24, 2.45) is 0 Å². The minimum absolute atomic E-state index is 0.0863. The third-order valence-electron chi connectivity index (χ3n) is 2.77. The van der Waals surface area contributed by atoms with Crippen LogP contribution in [-0.2, 0) is 17.9 Å². The van der Waals surface area contributed by atoms with Crippen LogP contribution < -0.4 is 5.32 Å². The monoisotopic (exact) mass is 306 g/mol. The molecule has 0 bridgehead atoms. The van der Waals surface area contributed by atoms with Crippen LogP contribution in [0.5, 0.6) is 0 Å². The molecule has 0 saturated carbocycles. The summed E-state index contributed by atoms with van der Waals surface area (Å²) < 4.78 is 0. The van der Waals surface area contributed by atoms with Crippen LogP contribution in [0.2, 0.25) is 0 Å². The van der Waals surface area contributed by atoms with Crippen molar-refractivity contribution < 1.29 is 9.90 Å². The van der Waals surface area contributed by atoms with Crippen molar-refractivity contribution in [2.75, 3.05) is 18.5 Å². The summed E-state index contributed by atoms with van der Waals surface area (Å²) in [6.45, 7) is 3.42. The Balaban J connectivity index is 1.98. The Hall–Kier alpha value is -1.83. The number of nitrogens with one attached hydrogen (secondary N) is 1. The highest BCUT2D eigenvalue weighted by atomic mass is 32.1. The van der Waals surface area contributed by atoms with Crippen molar-refractivity contribution in [3.8, 4) is 0 Å². The minimum atomic E-state index is -0.126. The Morgan fingerprint density at radius 1 is 1.48 bits per heavy atom. The molecule has 21 heavy (non-hydrogen) atoms. The van der Waals surface area contributed by atoms with Crippen LogP contribution in [-0.4, -0.2) is 39.0 Å². The van der Waals surface area contributed by atoms with Gasteiger partial charge in [0.1, 0.15) is 0 Å². The number of hydrogen-bond donors (Lipinski definition) is 2. The molecule has 7 heteroatoms. The van der Waals surface area contributed by atoms with Gasteiger partial charge in [-0.1, -0.05) is 6.07 Å². The molecule has 0 aliphatic rings. The summed E-state index contributed by atoms with van der Waals surface area (Å²) in [6.07, 6.45) is 3.55. The van der Waals surface area contributed by atoms with Crippen LogP contribution in [0.25, 0.3) is 0 Å². The zero-order chi connectivity index (χ0) is 15.1. The maximum atomic E-state index is 11.0. The molecule has 0 saturated heterocycles. The van der Waals surface area contributed by atoms with Crippen molar-refractivity contribution >= 4 is 22.4 Å². The summed E-state index contributed by atoms with van der Waals surface area (Å²) in [4.78, 5) is 21.5. The van der Waals surface area contributed by atoms with Gasteiger partial charge < -0.3 is 10.4 Å². The molecule has 0 spiro atoms. The van der Waals surface area contributed by atoms with Crippen LogP contribution in [0.3, 0.4) is 0 Å². The fourth-order valence-corrected chi connectivity index (χ4v) is 2.67. The van der Waals surface area contributed by atoms with E-state index in [2.05, 4.69) is 20.2 Å². The lowest BCUT2D eigenvalue weighted by Gasteiger charge is -2.20. The molecule has 0 aliphatic heterocycles. The molecule has 2 heterocycles. The van der Waals surface area contributed by atoms with Gasteiger partial charge >= 0.3 is 0 Å². The Bertz CT molecular complexity index is 573. The zero-order valence-corrected chi connectivity index (χ0v) is 12.6. The van der Waals surface area contributed by atoms with Crippen LogP contribution in [0.1, 0.15) is 18.2 Å². The van der Waals surface area contributed by atoms with E-state index in [0.29, 0.717) is 24.8 Å². The second-order valence-corrected chi connectivity index (χ2v) is 5.48. The molecule has 2 N–H and O–H groups in total. The third kappa shape index (κ3) is 5.22. The summed E-state index contributed by atoms with van der Waals surface area (Å²) >= 11 is 1.40. The topological polar surface area (TPSA) is 78.4 Å². The predicted octanol–water partition coefficient (Wildman–Crippen LogP) is 1.49. The van der Waals surface area contributed by atoms with Gasteiger partial charge in [-0.2, -0.15) is 0 Å². The van der Waals surface area contributed by atoms with Gasteiger partial charge in [0.05, 0.1) is 12.3 Å². The quantitative estimate of drug-likeness (QED) is 0.810. The summed E-state index contributed by atoms with van der Waals surface area (Å²) in [6, 6.07) is 3.89. The average molecular weight is 306 g/mol. The van der Waals surface area contributed by atoms with Crippen LogP contribution in [0, 0.1) is 0 Å². The van der Waals surface area contributed by atoms with Crippen molar-refractivity contribution in [1.82, 2.24) is 14.9 Å². The second kappa shape index (κ2) is 7.82. The average Bonchev–Trinajstić information content (AvgIpc) is 2.86. The normalized spacial score (nSPS) is 10.8. The molecule has 1 amide bonds. The van der Waals surface area contributed by atoms with Crippen molar-refractivity contribution in [1.29, 1.82) is 0 Å². The van der Waals surface area contributed by atoms with Gasteiger partial charge in [0, 0.05) is 44.3 Å². The van der Waals surface area contributed by atoms with Gasteiger partial charge in [0.25, 0.3) is 0 Å². The molecule has 0 aliphatic carbocycles. The molecule has 0 unspecified atom stereocenters. The number of amides is 1. The van der Waals surface area contributed by atoms with Crippen molar-refractivity contribution in [3.63, 3.8) is 0 Å². The van der Waals surface area contributed by atoms with Gasteiger partial charge in [-0.15, -0.1) is 11.3 Å². The highest BCUT2D eigenvalue weighted by Gasteiger charge is 2.10. The van der Waals surface area contributed by atoms with Gasteiger partial charge in [0.2, 0.25) is 5.91 Å². The molecular weight excluding hydrogens is 288 g/mol. The predicted molar refractivity (Wildman–Crippen MR) is 81.9 cm³/mol. The number of aromatic nitrogens is 2. The maximum Gasteiger partial charge on any atom is 0.223 e. The van der Waals surface area contributed by atoms with E-state index in [1.807, 2.05) is 23.7 Å². The lowest BCUT2D eigenvalue weighted by Crippen LogP contribution is -2.26. The highest BCUT2D eigenvalue weighted by Crippen LogP contribution is 2.17. The van der Waals surface area contributed by atoms with Gasteiger partial charge in [-0.3, -0.25) is 14.7 Å². The number of carbonyl (C=O) groups is 1. The number of thiazole rings is 1. The van der Waals surface area contributed by atoms with Crippen LogP contribution in [0.15, 0.2) is 29.9 Å². The first kappa shape index (κ1) is 15.6. The number of hydrogen-bond acceptors (Lipinski definition) is 6. The minimum Gasteiger partial charge on any atom is -0.395 e. The smallest absolute Gasteiger partial charge is 0.223 e. The molecule has 2 aromatic heterocycles. The Morgan fingerprint density at radius 2 is 2.33 bits per heavy atom.